The molecule has 3 rings (SSSR count). The van der Waals surface area contributed by atoms with Crippen molar-refractivity contribution in [2.24, 2.45) is 11.8 Å². The van der Waals surface area contributed by atoms with Crippen molar-refractivity contribution in [3.8, 4) is 0 Å². The quantitative estimate of drug-likeness (QED) is 0.837. The number of hydrogen-bond donors (Lipinski definition) is 2. The van der Waals surface area contributed by atoms with Crippen LogP contribution in [0.15, 0.2) is 22.8 Å². The van der Waals surface area contributed by atoms with Crippen molar-refractivity contribution in [1.82, 2.24) is 15.5 Å². The Kier molecular flexibility index (Phi) is 4.08. The molecule has 3 unspecified atom stereocenters. The minimum atomic E-state index is 0.0905. The van der Waals surface area contributed by atoms with E-state index in [9.17, 15) is 4.79 Å². The van der Waals surface area contributed by atoms with Crippen LogP contribution in [0.3, 0.4) is 0 Å². The maximum atomic E-state index is 12.1. The molecule has 1 aromatic heterocycles. The summed E-state index contributed by atoms with van der Waals surface area (Å²) >= 11 is 0. The molecule has 2 saturated heterocycles. The van der Waals surface area contributed by atoms with Gasteiger partial charge in [0.25, 0.3) is 0 Å². The minimum Gasteiger partial charge on any atom is -0.467 e. The Balaban J connectivity index is 1.50. The highest BCUT2D eigenvalue weighted by Gasteiger charge is 2.43. The predicted molar refractivity (Wildman–Crippen MR) is 76.1 cm³/mol. The summed E-state index contributed by atoms with van der Waals surface area (Å²) in [5, 5.41) is 6.40. The number of rotatable bonds is 5. The molecule has 2 N–H and O–H groups in total. The molecular formula is C15H23N3O2. The third-order valence-corrected chi connectivity index (χ3v) is 4.63. The fourth-order valence-electron chi connectivity index (χ4n) is 3.69. The molecule has 3 atom stereocenters. The monoisotopic (exact) mass is 277 g/mol. The first-order valence-corrected chi connectivity index (χ1v) is 7.51. The maximum Gasteiger partial charge on any atom is 0.234 e. The molecule has 3 heterocycles. The second-order valence-electron chi connectivity index (χ2n) is 5.84. The number of carbonyl (C=O) groups is 1. The van der Waals surface area contributed by atoms with Gasteiger partial charge in [0.1, 0.15) is 5.76 Å². The first kappa shape index (κ1) is 13.6. The van der Waals surface area contributed by atoms with Gasteiger partial charge in [-0.3, -0.25) is 9.69 Å². The zero-order valence-electron chi connectivity index (χ0n) is 12.0. The number of likely N-dealkylation sites (tertiary alicyclic amines) is 1. The second kappa shape index (κ2) is 5.97. The van der Waals surface area contributed by atoms with E-state index >= 15 is 0 Å². The summed E-state index contributed by atoms with van der Waals surface area (Å²) in [5.41, 5.74) is 0. The largest absolute Gasteiger partial charge is 0.467 e. The standard InChI is InChI=1S/C15H23N3O2/c1-2-14-13-8-16-6-11(13)9-18(14)10-15(19)17-7-12-4-3-5-20-12/h3-5,11,13-14,16H,2,6-10H2,1H3,(H,17,19). The van der Waals surface area contributed by atoms with Crippen molar-refractivity contribution in [2.45, 2.75) is 25.9 Å². The summed E-state index contributed by atoms with van der Waals surface area (Å²) in [6, 6.07) is 4.26. The van der Waals surface area contributed by atoms with Gasteiger partial charge in [-0.2, -0.15) is 0 Å². The zero-order chi connectivity index (χ0) is 13.9. The van der Waals surface area contributed by atoms with E-state index in [-0.39, 0.29) is 5.91 Å². The Morgan fingerprint density at radius 1 is 1.55 bits per heavy atom. The smallest absolute Gasteiger partial charge is 0.234 e. The first-order valence-electron chi connectivity index (χ1n) is 7.51. The summed E-state index contributed by atoms with van der Waals surface area (Å²) in [4.78, 5) is 14.4. The number of nitrogens with one attached hydrogen (secondary N) is 2. The Morgan fingerprint density at radius 2 is 2.45 bits per heavy atom. The molecular weight excluding hydrogens is 254 g/mol. The molecule has 5 nitrogen and oxygen atoms in total. The van der Waals surface area contributed by atoms with E-state index in [1.165, 1.54) is 0 Å². The average molecular weight is 277 g/mol. The van der Waals surface area contributed by atoms with Crippen LogP contribution >= 0.6 is 0 Å². The number of amides is 1. The van der Waals surface area contributed by atoms with Crippen molar-refractivity contribution in [3.05, 3.63) is 24.2 Å². The van der Waals surface area contributed by atoms with Crippen molar-refractivity contribution < 1.29 is 9.21 Å². The SMILES string of the molecule is CCC1C2CNCC2CN1CC(=O)NCc1ccco1. The molecule has 0 bridgehead atoms. The molecule has 20 heavy (non-hydrogen) atoms. The average Bonchev–Trinajstić information content (AvgIpc) is 3.12. The number of nitrogens with zero attached hydrogens (tertiary/aromatic N) is 1. The number of furan rings is 1. The highest BCUT2D eigenvalue weighted by molar-refractivity contribution is 5.78. The summed E-state index contributed by atoms with van der Waals surface area (Å²) in [6.45, 7) is 6.46. The van der Waals surface area contributed by atoms with Crippen molar-refractivity contribution in [1.29, 1.82) is 0 Å². The van der Waals surface area contributed by atoms with Gasteiger partial charge >= 0.3 is 0 Å². The van der Waals surface area contributed by atoms with Gasteiger partial charge in [0.15, 0.2) is 0 Å². The Hall–Kier alpha value is -1.33. The van der Waals surface area contributed by atoms with Crippen LogP contribution in [0.1, 0.15) is 19.1 Å². The van der Waals surface area contributed by atoms with Gasteiger partial charge in [-0.05, 0) is 43.5 Å². The van der Waals surface area contributed by atoms with E-state index in [4.69, 9.17) is 4.42 Å². The van der Waals surface area contributed by atoms with E-state index < -0.39 is 0 Å². The second-order valence-corrected chi connectivity index (χ2v) is 5.84. The van der Waals surface area contributed by atoms with Crippen LogP contribution in [0.4, 0.5) is 0 Å². The van der Waals surface area contributed by atoms with Crippen LogP contribution in [0, 0.1) is 11.8 Å². The highest BCUT2D eigenvalue weighted by atomic mass is 16.3. The fraction of sp³-hybridized carbons (Fsp3) is 0.667. The summed E-state index contributed by atoms with van der Waals surface area (Å²) in [7, 11) is 0. The van der Waals surface area contributed by atoms with Gasteiger partial charge in [0.05, 0.1) is 19.4 Å². The first-order chi connectivity index (χ1) is 9.78. The van der Waals surface area contributed by atoms with Gasteiger partial charge < -0.3 is 15.1 Å². The van der Waals surface area contributed by atoms with Crippen molar-refractivity contribution >= 4 is 5.91 Å². The normalized spacial score (nSPS) is 29.6. The van der Waals surface area contributed by atoms with Gasteiger partial charge in [0, 0.05) is 12.6 Å². The molecule has 2 fully saturated rings. The van der Waals surface area contributed by atoms with Crippen LogP contribution in [0.5, 0.6) is 0 Å². The lowest BCUT2D eigenvalue weighted by atomic mass is 9.93. The van der Waals surface area contributed by atoms with Gasteiger partial charge in [-0.25, -0.2) is 0 Å². The molecule has 110 valence electrons. The van der Waals surface area contributed by atoms with Crippen molar-refractivity contribution in [2.75, 3.05) is 26.2 Å². The van der Waals surface area contributed by atoms with E-state index in [0.29, 0.717) is 19.1 Å². The molecule has 0 radical (unpaired) electrons. The minimum absolute atomic E-state index is 0.0905. The number of hydrogen-bond acceptors (Lipinski definition) is 4. The predicted octanol–water partition coefficient (Wildman–Crippen LogP) is 0.826. The molecule has 0 spiro atoms. The van der Waals surface area contributed by atoms with Crippen LogP contribution in [-0.4, -0.2) is 43.0 Å². The molecule has 2 aliphatic rings. The topological polar surface area (TPSA) is 57.5 Å². The summed E-state index contributed by atoms with van der Waals surface area (Å²) in [5.74, 6) is 2.33. The molecule has 0 aliphatic carbocycles. The molecule has 1 amide bonds. The lowest BCUT2D eigenvalue weighted by Gasteiger charge is -2.26. The fourth-order valence-corrected chi connectivity index (χ4v) is 3.69. The molecule has 1 aromatic rings. The van der Waals surface area contributed by atoms with E-state index in [2.05, 4.69) is 22.5 Å². The van der Waals surface area contributed by atoms with Gasteiger partial charge in [0.2, 0.25) is 5.91 Å². The molecule has 0 aromatic carbocycles. The van der Waals surface area contributed by atoms with Crippen molar-refractivity contribution in [3.63, 3.8) is 0 Å². The Bertz CT molecular complexity index is 446. The van der Waals surface area contributed by atoms with Crippen LogP contribution in [0.25, 0.3) is 0 Å². The van der Waals surface area contributed by atoms with Crippen LogP contribution in [0.2, 0.25) is 0 Å². The van der Waals surface area contributed by atoms with Crippen LogP contribution in [-0.2, 0) is 11.3 Å². The van der Waals surface area contributed by atoms with Gasteiger partial charge in [-0.1, -0.05) is 6.92 Å². The molecule has 2 aliphatic heterocycles. The summed E-state index contributed by atoms with van der Waals surface area (Å²) in [6.07, 6.45) is 2.75. The maximum absolute atomic E-state index is 12.1. The van der Waals surface area contributed by atoms with Crippen LogP contribution < -0.4 is 10.6 Å². The lowest BCUT2D eigenvalue weighted by molar-refractivity contribution is -0.122. The Morgan fingerprint density at radius 3 is 3.20 bits per heavy atom. The third-order valence-electron chi connectivity index (χ3n) is 4.63. The third kappa shape index (κ3) is 2.74. The van der Waals surface area contributed by atoms with E-state index in [0.717, 1.165) is 43.7 Å². The van der Waals surface area contributed by atoms with E-state index in [1.807, 2.05) is 12.1 Å². The Labute approximate surface area is 119 Å². The van der Waals surface area contributed by atoms with Gasteiger partial charge in [-0.15, -0.1) is 0 Å². The number of fused-ring (bicyclic) bond motifs is 1. The van der Waals surface area contributed by atoms with E-state index in [1.54, 1.807) is 6.26 Å². The lowest BCUT2D eigenvalue weighted by Crippen LogP contribution is -2.42. The molecule has 0 saturated carbocycles. The zero-order valence-corrected chi connectivity index (χ0v) is 12.0. The highest BCUT2D eigenvalue weighted by Crippen LogP contribution is 2.33. The molecule has 5 heteroatoms. The summed E-state index contributed by atoms with van der Waals surface area (Å²) < 4.78 is 5.22. The number of carbonyl (C=O) groups excluding carboxylic acids is 1.